The molecule has 0 saturated carbocycles. The van der Waals surface area contributed by atoms with Gasteiger partial charge in [-0.25, -0.2) is 18.4 Å². The quantitative estimate of drug-likeness (QED) is 0.408. The van der Waals surface area contributed by atoms with Gasteiger partial charge in [0.2, 0.25) is 5.91 Å². The first-order valence-electron chi connectivity index (χ1n) is 9.55. The van der Waals surface area contributed by atoms with E-state index >= 15 is 0 Å². The van der Waals surface area contributed by atoms with Crippen LogP contribution >= 0.6 is 23.1 Å². The standard InChI is InChI=1S/C19H23N5O3S3/c1-12-16(13(2)24(22-12)14-5-7-30(26,27)10-14)8-23(3)17(25)9-29-19-15-4-6-28-18(15)20-11-21-19/h4,6,11,14H,5,7-10H2,1-3H3. The third kappa shape index (κ3) is 4.23. The maximum Gasteiger partial charge on any atom is 0.233 e. The third-order valence-corrected chi connectivity index (χ3v) is 8.97. The number of thiophene rings is 1. The number of hydrogen-bond acceptors (Lipinski definition) is 8. The Morgan fingerprint density at radius 1 is 1.37 bits per heavy atom. The van der Waals surface area contributed by atoms with Gasteiger partial charge >= 0.3 is 0 Å². The smallest absolute Gasteiger partial charge is 0.233 e. The molecule has 0 aromatic carbocycles. The van der Waals surface area contributed by atoms with Crippen LogP contribution in [0.5, 0.6) is 0 Å². The van der Waals surface area contributed by atoms with Gasteiger partial charge in [-0.1, -0.05) is 11.8 Å². The molecule has 1 saturated heterocycles. The molecule has 1 fully saturated rings. The van der Waals surface area contributed by atoms with E-state index in [1.807, 2.05) is 30.0 Å². The summed E-state index contributed by atoms with van der Waals surface area (Å²) in [6, 6.07) is 1.85. The number of carbonyl (C=O) groups is 1. The summed E-state index contributed by atoms with van der Waals surface area (Å²) in [5.41, 5.74) is 2.74. The molecule has 1 aliphatic rings. The van der Waals surface area contributed by atoms with Crippen molar-refractivity contribution in [1.29, 1.82) is 0 Å². The highest BCUT2D eigenvalue weighted by Crippen LogP contribution is 2.29. The van der Waals surface area contributed by atoms with Crippen molar-refractivity contribution in [2.24, 2.45) is 0 Å². The molecule has 1 unspecified atom stereocenters. The third-order valence-electron chi connectivity index (χ3n) is 5.41. The minimum Gasteiger partial charge on any atom is -0.341 e. The summed E-state index contributed by atoms with van der Waals surface area (Å²) in [5, 5.41) is 8.34. The molecule has 1 amide bonds. The molecule has 4 heterocycles. The van der Waals surface area contributed by atoms with Crippen molar-refractivity contribution in [2.45, 2.75) is 37.9 Å². The minimum atomic E-state index is -2.98. The van der Waals surface area contributed by atoms with E-state index in [-0.39, 0.29) is 29.2 Å². The Balaban J connectivity index is 1.43. The number of aryl methyl sites for hydroxylation is 1. The van der Waals surface area contributed by atoms with Crippen LogP contribution in [0.25, 0.3) is 10.2 Å². The molecule has 8 nitrogen and oxygen atoms in total. The van der Waals surface area contributed by atoms with Crippen molar-refractivity contribution in [3.05, 3.63) is 34.7 Å². The Hall–Kier alpha value is -1.98. The van der Waals surface area contributed by atoms with E-state index in [1.165, 1.54) is 18.1 Å². The highest BCUT2D eigenvalue weighted by Gasteiger charge is 2.31. The number of fused-ring (bicyclic) bond motifs is 1. The number of sulfone groups is 1. The van der Waals surface area contributed by atoms with E-state index < -0.39 is 9.84 Å². The van der Waals surface area contributed by atoms with E-state index in [4.69, 9.17) is 0 Å². The van der Waals surface area contributed by atoms with Crippen LogP contribution in [-0.4, -0.2) is 63.3 Å². The second-order valence-electron chi connectivity index (χ2n) is 7.51. The van der Waals surface area contributed by atoms with Gasteiger partial charge in [0.15, 0.2) is 9.84 Å². The lowest BCUT2D eigenvalue weighted by Gasteiger charge is -2.18. The molecule has 160 valence electrons. The molecule has 0 spiro atoms. The van der Waals surface area contributed by atoms with E-state index in [1.54, 1.807) is 23.3 Å². The predicted octanol–water partition coefficient (Wildman–Crippen LogP) is 2.61. The highest BCUT2D eigenvalue weighted by molar-refractivity contribution is 8.00. The van der Waals surface area contributed by atoms with Gasteiger partial charge in [0.1, 0.15) is 16.2 Å². The van der Waals surface area contributed by atoms with E-state index in [2.05, 4.69) is 15.1 Å². The summed E-state index contributed by atoms with van der Waals surface area (Å²) in [7, 11) is -1.21. The Labute approximate surface area is 183 Å². The zero-order valence-electron chi connectivity index (χ0n) is 17.0. The summed E-state index contributed by atoms with van der Waals surface area (Å²) in [6.45, 7) is 4.29. The fourth-order valence-electron chi connectivity index (χ4n) is 3.70. The molecule has 30 heavy (non-hydrogen) atoms. The van der Waals surface area contributed by atoms with Crippen LogP contribution in [0.3, 0.4) is 0 Å². The normalized spacial score (nSPS) is 18.2. The van der Waals surface area contributed by atoms with Crippen LogP contribution in [0.15, 0.2) is 22.8 Å². The summed E-state index contributed by atoms with van der Waals surface area (Å²) in [4.78, 5) is 23.9. The van der Waals surface area contributed by atoms with Crippen molar-refractivity contribution >= 4 is 49.1 Å². The van der Waals surface area contributed by atoms with Crippen LogP contribution in [0.1, 0.15) is 29.4 Å². The Morgan fingerprint density at radius 3 is 2.90 bits per heavy atom. The fraction of sp³-hybridized carbons (Fsp3) is 0.474. The number of aromatic nitrogens is 4. The molecule has 1 aliphatic heterocycles. The van der Waals surface area contributed by atoms with Crippen molar-refractivity contribution in [3.63, 3.8) is 0 Å². The van der Waals surface area contributed by atoms with Crippen LogP contribution in [0, 0.1) is 13.8 Å². The Morgan fingerprint density at radius 2 is 2.17 bits per heavy atom. The molecule has 3 aromatic rings. The van der Waals surface area contributed by atoms with E-state index in [9.17, 15) is 13.2 Å². The van der Waals surface area contributed by atoms with E-state index in [0.717, 1.165) is 32.2 Å². The van der Waals surface area contributed by atoms with Crippen molar-refractivity contribution < 1.29 is 13.2 Å². The molecular formula is C19H23N5O3S3. The molecule has 11 heteroatoms. The predicted molar refractivity (Wildman–Crippen MR) is 119 cm³/mol. The lowest BCUT2D eigenvalue weighted by Crippen LogP contribution is -2.28. The Kier molecular flexibility index (Phi) is 5.86. The zero-order chi connectivity index (χ0) is 21.5. The second-order valence-corrected chi connectivity index (χ2v) is 11.6. The Bertz CT molecular complexity index is 1200. The van der Waals surface area contributed by atoms with Crippen LogP contribution in [-0.2, 0) is 21.2 Å². The molecule has 0 radical (unpaired) electrons. The number of carbonyl (C=O) groups excluding carboxylic acids is 1. The second kappa shape index (κ2) is 8.27. The van der Waals surface area contributed by atoms with Crippen LogP contribution in [0.4, 0.5) is 0 Å². The summed E-state index contributed by atoms with van der Waals surface area (Å²) in [6.07, 6.45) is 2.12. The first-order chi connectivity index (χ1) is 14.2. The largest absolute Gasteiger partial charge is 0.341 e. The molecule has 0 aliphatic carbocycles. The van der Waals surface area contributed by atoms with Gasteiger partial charge in [-0.05, 0) is 31.7 Å². The molecule has 0 N–H and O–H groups in total. The van der Waals surface area contributed by atoms with Gasteiger partial charge in [0.25, 0.3) is 0 Å². The topological polar surface area (TPSA) is 98.1 Å². The number of rotatable bonds is 6. The molecule has 0 bridgehead atoms. The maximum absolute atomic E-state index is 12.7. The maximum atomic E-state index is 12.7. The van der Waals surface area contributed by atoms with Crippen LogP contribution in [0.2, 0.25) is 0 Å². The van der Waals surface area contributed by atoms with E-state index in [0.29, 0.717) is 13.0 Å². The molecule has 3 aromatic heterocycles. The summed E-state index contributed by atoms with van der Waals surface area (Å²) < 4.78 is 25.5. The summed E-state index contributed by atoms with van der Waals surface area (Å²) in [5.74, 6) is 0.625. The van der Waals surface area contributed by atoms with Gasteiger partial charge in [-0.15, -0.1) is 11.3 Å². The number of hydrogen-bond donors (Lipinski definition) is 0. The minimum absolute atomic E-state index is 0.00279. The number of amides is 1. The van der Waals surface area contributed by atoms with Crippen molar-refractivity contribution in [2.75, 3.05) is 24.3 Å². The highest BCUT2D eigenvalue weighted by atomic mass is 32.2. The summed E-state index contributed by atoms with van der Waals surface area (Å²) >= 11 is 2.96. The van der Waals surface area contributed by atoms with Crippen LogP contribution < -0.4 is 0 Å². The first-order valence-corrected chi connectivity index (χ1v) is 13.2. The van der Waals surface area contributed by atoms with Crippen molar-refractivity contribution in [3.8, 4) is 0 Å². The lowest BCUT2D eigenvalue weighted by atomic mass is 10.1. The average molecular weight is 466 g/mol. The monoisotopic (exact) mass is 465 g/mol. The zero-order valence-corrected chi connectivity index (χ0v) is 19.5. The van der Waals surface area contributed by atoms with Gasteiger partial charge in [0.05, 0.1) is 29.0 Å². The van der Waals surface area contributed by atoms with Crippen molar-refractivity contribution in [1.82, 2.24) is 24.6 Å². The lowest BCUT2D eigenvalue weighted by molar-refractivity contribution is -0.127. The van der Waals surface area contributed by atoms with Gasteiger partial charge in [0, 0.05) is 30.2 Å². The SMILES string of the molecule is Cc1nn(C2CCS(=O)(=O)C2)c(C)c1CN(C)C(=O)CSc1ncnc2sccc12. The first kappa shape index (κ1) is 21.3. The number of thioether (sulfide) groups is 1. The van der Waals surface area contributed by atoms with Gasteiger partial charge in [-0.2, -0.15) is 5.10 Å². The molecule has 4 rings (SSSR count). The van der Waals surface area contributed by atoms with Gasteiger partial charge in [-0.3, -0.25) is 9.48 Å². The molecular weight excluding hydrogens is 442 g/mol. The average Bonchev–Trinajstić information content (AvgIpc) is 3.39. The molecule has 1 atom stereocenters. The fourth-order valence-corrected chi connectivity index (χ4v) is 7.11. The van der Waals surface area contributed by atoms with Gasteiger partial charge < -0.3 is 4.90 Å². The number of nitrogens with zero attached hydrogens (tertiary/aromatic N) is 5.